The number of methoxy groups -OCH3 is 1. The number of hydrogen-bond donors (Lipinski definition) is 1. The second-order valence-electron chi connectivity index (χ2n) is 6.48. The summed E-state index contributed by atoms with van der Waals surface area (Å²) in [4.78, 5) is 17.6. The molecule has 7 heteroatoms. The van der Waals surface area contributed by atoms with Gasteiger partial charge in [-0.25, -0.2) is 4.68 Å². The van der Waals surface area contributed by atoms with Gasteiger partial charge >= 0.3 is 0 Å². The minimum atomic E-state index is -0.197. The molecular formula is C22H17BrClN3O2. The Labute approximate surface area is 180 Å². The number of H-pyrrole nitrogens is 1. The fraction of sp³-hybridized carbons (Fsp3) is 0.0909. The molecule has 0 atom stereocenters. The number of fused-ring (bicyclic) bond motifs is 1. The number of benzene rings is 3. The maximum Gasteiger partial charge on any atom is 0.280 e. The quantitative estimate of drug-likeness (QED) is 0.383. The maximum atomic E-state index is 13.0. The van der Waals surface area contributed by atoms with Crippen LogP contribution in [0, 0.1) is 6.92 Å². The highest BCUT2D eigenvalue weighted by Gasteiger charge is 2.13. The van der Waals surface area contributed by atoms with Crippen molar-refractivity contribution in [2.45, 2.75) is 6.92 Å². The number of nitrogens with one attached hydrogen (secondary N) is 1. The zero-order valence-corrected chi connectivity index (χ0v) is 18.1. The lowest BCUT2D eigenvalue weighted by Gasteiger charge is -2.06. The first kappa shape index (κ1) is 19.5. The third-order valence-electron chi connectivity index (χ3n) is 4.69. The van der Waals surface area contributed by atoms with E-state index in [1.165, 1.54) is 11.8 Å². The van der Waals surface area contributed by atoms with Crippen LogP contribution in [0.25, 0.3) is 16.5 Å². The monoisotopic (exact) mass is 469 g/mol. The van der Waals surface area contributed by atoms with Crippen molar-refractivity contribution in [3.05, 3.63) is 85.7 Å². The van der Waals surface area contributed by atoms with Gasteiger partial charge in [0.25, 0.3) is 5.56 Å². The van der Waals surface area contributed by atoms with Gasteiger partial charge in [0.1, 0.15) is 5.75 Å². The molecule has 29 heavy (non-hydrogen) atoms. The highest BCUT2D eigenvalue weighted by molar-refractivity contribution is 9.10. The molecule has 0 aliphatic carbocycles. The van der Waals surface area contributed by atoms with Gasteiger partial charge < -0.3 is 4.74 Å². The Morgan fingerprint density at radius 1 is 1.14 bits per heavy atom. The van der Waals surface area contributed by atoms with Gasteiger partial charge in [-0.05, 0) is 36.6 Å². The lowest BCUT2D eigenvalue weighted by Crippen LogP contribution is -2.17. The number of aromatic nitrogens is 2. The van der Waals surface area contributed by atoms with Crippen molar-refractivity contribution in [2.24, 2.45) is 4.99 Å². The topological polar surface area (TPSA) is 59.4 Å². The fourth-order valence-corrected chi connectivity index (χ4v) is 3.85. The second-order valence-corrected chi connectivity index (χ2v) is 7.74. The van der Waals surface area contributed by atoms with E-state index in [-0.39, 0.29) is 5.56 Å². The predicted octanol–water partition coefficient (Wildman–Crippen LogP) is 5.80. The summed E-state index contributed by atoms with van der Waals surface area (Å²) in [6.07, 6.45) is 1.60. The minimum absolute atomic E-state index is 0.197. The van der Waals surface area contributed by atoms with Gasteiger partial charge in [0, 0.05) is 27.8 Å². The van der Waals surface area contributed by atoms with Crippen LogP contribution in [0.4, 0.5) is 5.69 Å². The summed E-state index contributed by atoms with van der Waals surface area (Å²) < 4.78 is 7.71. The van der Waals surface area contributed by atoms with E-state index in [0.717, 1.165) is 20.9 Å². The van der Waals surface area contributed by atoms with Crippen molar-refractivity contribution in [3.8, 4) is 11.4 Å². The van der Waals surface area contributed by atoms with E-state index < -0.39 is 0 Å². The molecule has 0 saturated heterocycles. The molecule has 5 nitrogen and oxygen atoms in total. The van der Waals surface area contributed by atoms with Gasteiger partial charge in [0.15, 0.2) is 0 Å². The van der Waals surface area contributed by atoms with Gasteiger partial charge in [0.2, 0.25) is 0 Å². The van der Waals surface area contributed by atoms with Crippen LogP contribution in [-0.2, 0) is 0 Å². The van der Waals surface area contributed by atoms with Crippen LogP contribution in [-0.4, -0.2) is 23.1 Å². The summed E-state index contributed by atoms with van der Waals surface area (Å²) in [5.41, 5.74) is 2.44. The molecule has 0 aliphatic rings. The molecule has 0 aliphatic heterocycles. The zero-order valence-electron chi connectivity index (χ0n) is 15.7. The summed E-state index contributed by atoms with van der Waals surface area (Å²) >= 11 is 9.66. The highest BCUT2D eigenvalue weighted by Crippen LogP contribution is 2.31. The van der Waals surface area contributed by atoms with Crippen molar-refractivity contribution >= 4 is 50.2 Å². The molecule has 146 valence electrons. The standard InChI is InChI=1S/C22H17BrClN3O2/c1-13-17(12-25-20-10-8-18(23)15-5-3-4-6-16(15)20)22(28)27(26-13)14-7-9-19(24)21(11-14)29-2/h3-12,26H,1-2H3. The molecular weight excluding hydrogens is 454 g/mol. The van der Waals surface area contributed by atoms with Gasteiger partial charge in [-0.2, -0.15) is 0 Å². The minimum Gasteiger partial charge on any atom is -0.495 e. The summed E-state index contributed by atoms with van der Waals surface area (Å²) in [7, 11) is 1.54. The molecule has 1 aromatic heterocycles. The Morgan fingerprint density at radius 3 is 2.66 bits per heavy atom. The molecule has 3 aromatic carbocycles. The second kappa shape index (κ2) is 7.89. The van der Waals surface area contributed by atoms with Crippen LogP contribution in [0.1, 0.15) is 11.3 Å². The van der Waals surface area contributed by atoms with E-state index in [4.69, 9.17) is 16.3 Å². The van der Waals surface area contributed by atoms with Crippen LogP contribution in [0.5, 0.6) is 5.75 Å². The van der Waals surface area contributed by atoms with Crippen molar-refractivity contribution in [2.75, 3.05) is 7.11 Å². The molecule has 1 N–H and O–H groups in total. The number of hydrogen-bond acceptors (Lipinski definition) is 3. The molecule has 0 radical (unpaired) electrons. The van der Waals surface area contributed by atoms with Crippen molar-refractivity contribution < 1.29 is 4.74 Å². The Kier molecular flexibility index (Phi) is 5.30. The molecule has 4 rings (SSSR count). The Morgan fingerprint density at radius 2 is 1.90 bits per heavy atom. The first-order chi connectivity index (χ1) is 14.0. The molecule has 0 spiro atoms. The summed E-state index contributed by atoms with van der Waals surface area (Å²) in [5, 5.41) is 5.65. The zero-order chi connectivity index (χ0) is 20.5. The number of nitrogens with zero attached hydrogens (tertiary/aromatic N) is 2. The van der Waals surface area contributed by atoms with E-state index >= 15 is 0 Å². The third-order valence-corrected chi connectivity index (χ3v) is 5.69. The Balaban J connectivity index is 1.77. The van der Waals surface area contributed by atoms with Crippen LogP contribution >= 0.6 is 27.5 Å². The number of ether oxygens (including phenoxy) is 1. The Hall–Kier alpha value is -2.83. The van der Waals surface area contributed by atoms with Crippen LogP contribution in [0.15, 0.2) is 68.9 Å². The number of aryl methyl sites for hydroxylation is 1. The largest absolute Gasteiger partial charge is 0.495 e. The average Bonchev–Trinajstić information content (AvgIpc) is 3.02. The number of rotatable bonds is 4. The van der Waals surface area contributed by atoms with Gasteiger partial charge in [0.05, 0.1) is 29.1 Å². The number of aromatic amines is 1. The average molecular weight is 471 g/mol. The molecule has 0 amide bonds. The smallest absolute Gasteiger partial charge is 0.280 e. The van der Waals surface area contributed by atoms with Crippen molar-refractivity contribution in [1.29, 1.82) is 0 Å². The van der Waals surface area contributed by atoms with E-state index in [9.17, 15) is 4.79 Å². The van der Waals surface area contributed by atoms with Crippen LogP contribution in [0.2, 0.25) is 5.02 Å². The predicted molar refractivity (Wildman–Crippen MR) is 122 cm³/mol. The van der Waals surface area contributed by atoms with Gasteiger partial charge in [-0.3, -0.25) is 14.9 Å². The summed E-state index contributed by atoms with van der Waals surface area (Å²) in [5.74, 6) is 0.500. The van der Waals surface area contributed by atoms with E-state index in [0.29, 0.717) is 27.7 Å². The normalized spacial score (nSPS) is 11.4. The number of aliphatic imine (C=N–C) groups is 1. The Bertz CT molecular complexity index is 1310. The fourth-order valence-electron chi connectivity index (χ4n) is 3.17. The first-order valence-corrected chi connectivity index (χ1v) is 10.0. The SMILES string of the molecule is COc1cc(-n2[nH]c(C)c(C=Nc3ccc(Br)c4ccccc34)c2=O)ccc1Cl. The molecule has 0 unspecified atom stereocenters. The third kappa shape index (κ3) is 3.61. The number of halogens is 2. The summed E-state index contributed by atoms with van der Waals surface area (Å²) in [6.45, 7) is 1.84. The molecule has 0 bridgehead atoms. The first-order valence-electron chi connectivity index (χ1n) is 8.86. The summed E-state index contributed by atoms with van der Waals surface area (Å²) in [6, 6.07) is 17.0. The molecule has 0 fully saturated rings. The van der Waals surface area contributed by atoms with E-state index in [1.54, 1.807) is 24.4 Å². The van der Waals surface area contributed by atoms with Gasteiger partial charge in [-0.1, -0.05) is 51.8 Å². The lowest BCUT2D eigenvalue weighted by atomic mass is 10.1. The molecule has 0 saturated carbocycles. The lowest BCUT2D eigenvalue weighted by molar-refractivity contribution is 0.414. The molecule has 1 heterocycles. The van der Waals surface area contributed by atoms with Gasteiger partial charge in [-0.15, -0.1) is 0 Å². The van der Waals surface area contributed by atoms with Crippen molar-refractivity contribution in [3.63, 3.8) is 0 Å². The maximum absolute atomic E-state index is 13.0. The molecule has 4 aromatic rings. The van der Waals surface area contributed by atoms with Crippen molar-refractivity contribution in [1.82, 2.24) is 9.78 Å². The van der Waals surface area contributed by atoms with E-state index in [2.05, 4.69) is 26.0 Å². The van der Waals surface area contributed by atoms with Crippen LogP contribution < -0.4 is 10.3 Å². The highest BCUT2D eigenvalue weighted by atomic mass is 79.9. The van der Waals surface area contributed by atoms with E-state index in [1.807, 2.05) is 43.3 Å². The van der Waals surface area contributed by atoms with Crippen LogP contribution in [0.3, 0.4) is 0 Å².